The first-order valence-electron chi connectivity index (χ1n) is 5.14. The molecule has 9 heteroatoms. The van der Waals surface area contributed by atoms with Crippen molar-refractivity contribution in [3.63, 3.8) is 0 Å². The van der Waals surface area contributed by atoms with E-state index >= 15 is 0 Å². The molecule has 2 aromatic rings. The first-order chi connectivity index (χ1) is 8.41. The van der Waals surface area contributed by atoms with E-state index in [4.69, 9.17) is 0 Å². The largest absolute Gasteiger partial charge is 0.433 e. The van der Waals surface area contributed by atoms with E-state index in [9.17, 15) is 18.0 Å². The van der Waals surface area contributed by atoms with Gasteiger partial charge < -0.3 is 5.32 Å². The zero-order valence-electron chi connectivity index (χ0n) is 9.28. The Hall–Kier alpha value is -1.64. The van der Waals surface area contributed by atoms with Crippen molar-refractivity contribution in [1.29, 1.82) is 0 Å². The van der Waals surface area contributed by atoms with E-state index < -0.39 is 17.4 Å². The van der Waals surface area contributed by atoms with Crippen LogP contribution in [0.15, 0.2) is 10.9 Å². The van der Waals surface area contributed by atoms with Crippen molar-refractivity contribution in [1.82, 2.24) is 14.6 Å². The summed E-state index contributed by atoms with van der Waals surface area (Å²) in [5.74, 6) is 0. The van der Waals surface area contributed by atoms with E-state index in [1.165, 1.54) is 0 Å². The summed E-state index contributed by atoms with van der Waals surface area (Å²) in [5, 5.41) is 7.13. The van der Waals surface area contributed by atoms with Gasteiger partial charge in [0.05, 0.1) is 0 Å². The molecule has 0 aliphatic rings. The molecular weight excluding hydrogens is 269 g/mol. The maximum Gasteiger partial charge on any atom is 0.433 e. The smallest absolute Gasteiger partial charge is 0.360 e. The molecule has 0 aliphatic heterocycles. The molecule has 0 aliphatic carbocycles. The van der Waals surface area contributed by atoms with Gasteiger partial charge in [0.15, 0.2) is 5.69 Å². The lowest BCUT2D eigenvalue weighted by molar-refractivity contribution is -0.141. The Morgan fingerprint density at radius 3 is 2.83 bits per heavy atom. The minimum Gasteiger partial charge on any atom is -0.360 e. The molecule has 0 amide bonds. The van der Waals surface area contributed by atoms with Crippen LogP contribution in [0, 0.1) is 0 Å². The summed E-state index contributed by atoms with van der Waals surface area (Å²) in [6, 6.07) is 0.441. The summed E-state index contributed by atoms with van der Waals surface area (Å²) in [4.78, 5) is 14.8. The topological polar surface area (TPSA) is 59.3 Å². The molecule has 0 spiro atoms. The van der Waals surface area contributed by atoms with Crippen LogP contribution >= 0.6 is 11.3 Å². The maximum atomic E-state index is 12.5. The van der Waals surface area contributed by atoms with E-state index in [0.717, 1.165) is 22.3 Å². The second-order valence-corrected chi connectivity index (χ2v) is 4.46. The van der Waals surface area contributed by atoms with E-state index in [2.05, 4.69) is 15.4 Å². The maximum absolute atomic E-state index is 12.5. The molecule has 2 aromatic heterocycles. The normalized spacial score (nSPS) is 12.0. The van der Waals surface area contributed by atoms with Gasteiger partial charge in [0.1, 0.15) is 0 Å². The Labute approximate surface area is 103 Å². The van der Waals surface area contributed by atoms with Crippen molar-refractivity contribution in [2.75, 3.05) is 11.9 Å². The fraction of sp³-hybridized carbons (Fsp3) is 0.444. The second kappa shape index (κ2) is 4.56. The minimum absolute atomic E-state index is 0.0755. The Kier molecular flexibility index (Phi) is 3.24. The number of alkyl halides is 3. The summed E-state index contributed by atoms with van der Waals surface area (Å²) in [6.07, 6.45) is -3.79. The van der Waals surface area contributed by atoms with Gasteiger partial charge >= 0.3 is 6.18 Å². The predicted molar refractivity (Wildman–Crippen MR) is 60.9 cm³/mol. The van der Waals surface area contributed by atoms with Crippen LogP contribution in [-0.2, 0) is 6.18 Å². The molecule has 0 saturated carbocycles. The zero-order chi connectivity index (χ0) is 13.3. The Morgan fingerprint density at radius 2 is 2.22 bits per heavy atom. The summed E-state index contributed by atoms with van der Waals surface area (Å²) in [5.41, 5.74) is -2.04. The lowest BCUT2D eigenvalue weighted by atomic mass is 10.4. The molecule has 2 heterocycles. The Morgan fingerprint density at radius 1 is 1.50 bits per heavy atom. The van der Waals surface area contributed by atoms with Crippen LogP contribution in [0.5, 0.6) is 0 Å². The lowest BCUT2D eigenvalue weighted by Gasteiger charge is -2.03. The van der Waals surface area contributed by atoms with Crippen LogP contribution in [0.2, 0.25) is 0 Å². The van der Waals surface area contributed by atoms with Crippen LogP contribution in [0.25, 0.3) is 4.96 Å². The standard InChI is InChI=1S/C9H9F3N4OS/c1-2-3-13-7-15-16-6(17)4-5(9(10,11)12)14-8(16)18-7/h4H,2-3H2,1H3,(H,13,15). The molecular formula is C9H9F3N4OS. The second-order valence-electron chi connectivity index (χ2n) is 3.51. The van der Waals surface area contributed by atoms with Gasteiger partial charge in [0.2, 0.25) is 10.1 Å². The molecule has 0 aromatic carbocycles. The fourth-order valence-corrected chi connectivity index (χ4v) is 2.09. The van der Waals surface area contributed by atoms with Crippen molar-refractivity contribution in [3.05, 3.63) is 22.1 Å². The van der Waals surface area contributed by atoms with Crippen LogP contribution in [-0.4, -0.2) is 21.1 Å². The van der Waals surface area contributed by atoms with Crippen LogP contribution in [0.1, 0.15) is 19.0 Å². The summed E-state index contributed by atoms with van der Waals surface area (Å²) in [7, 11) is 0. The molecule has 5 nitrogen and oxygen atoms in total. The van der Waals surface area contributed by atoms with Gasteiger partial charge in [-0.3, -0.25) is 4.79 Å². The monoisotopic (exact) mass is 278 g/mol. The molecule has 0 fully saturated rings. The van der Waals surface area contributed by atoms with Crippen molar-refractivity contribution in [3.8, 4) is 0 Å². The fourth-order valence-electron chi connectivity index (χ4n) is 1.26. The number of fused-ring (bicyclic) bond motifs is 1. The third-order valence-corrected chi connectivity index (χ3v) is 2.93. The number of hydrogen-bond acceptors (Lipinski definition) is 5. The van der Waals surface area contributed by atoms with Gasteiger partial charge in [-0.25, -0.2) is 4.98 Å². The average Bonchev–Trinajstić information content (AvgIpc) is 2.68. The highest BCUT2D eigenvalue weighted by Crippen LogP contribution is 2.27. The summed E-state index contributed by atoms with van der Waals surface area (Å²) >= 11 is 0.911. The predicted octanol–water partition coefficient (Wildman–Crippen LogP) is 1.99. The molecule has 98 valence electrons. The van der Waals surface area contributed by atoms with Gasteiger partial charge in [-0.05, 0) is 6.42 Å². The van der Waals surface area contributed by atoms with Gasteiger partial charge in [-0.15, -0.1) is 5.10 Å². The summed E-state index contributed by atoms with van der Waals surface area (Å²) < 4.78 is 38.2. The van der Waals surface area contributed by atoms with E-state index in [1.807, 2.05) is 6.92 Å². The number of hydrogen-bond donors (Lipinski definition) is 1. The number of rotatable bonds is 3. The molecule has 0 saturated heterocycles. The van der Waals surface area contributed by atoms with Gasteiger partial charge in [-0.1, -0.05) is 18.3 Å². The zero-order valence-corrected chi connectivity index (χ0v) is 10.1. The van der Waals surface area contributed by atoms with E-state index in [0.29, 0.717) is 17.7 Å². The van der Waals surface area contributed by atoms with Crippen LogP contribution in [0.4, 0.5) is 18.3 Å². The highest BCUT2D eigenvalue weighted by atomic mass is 32.1. The van der Waals surface area contributed by atoms with Crippen molar-refractivity contribution in [2.24, 2.45) is 0 Å². The molecule has 18 heavy (non-hydrogen) atoms. The number of halogens is 3. The van der Waals surface area contributed by atoms with Gasteiger partial charge in [0.25, 0.3) is 5.56 Å². The number of anilines is 1. The highest BCUT2D eigenvalue weighted by molar-refractivity contribution is 7.20. The van der Waals surface area contributed by atoms with Crippen LogP contribution < -0.4 is 10.9 Å². The quantitative estimate of drug-likeness (QED) is 0.932. The third kappa shape index (κ3) is 2.45. The highest BCUT2D eigenvalue weighted by Gasteiger charge is 2.33. The summed E-state index contributed by atoms with van der Waals surface area (Å²) in [6.45, 7) is 2.56. The minimum atomic E-state index is -4.63. The first-order valence-corrected chi connectivity index (χ1v) is 5.95. The first kappa shape index (κ1) is 12.8. The third-order valence-electron chi connectivity index (χ3n) is 2.06. The SMILES string of the molecule is CCCNc1nn2c(=O)cc(C(F)(F)F)nc2s1. The van der Waals surface area contributed by atoms with Crippen molar-refractivity contribution >= 4 is 21.4 Å². The number of aromatic nitrogens is 3. The van der Waals surface area contributed by atoms with Gasteiger partial charge in [-0.2, -0.15) is 17.7 Å². The molecule has 1 N–H and O–H groups in total. The Bertz CT molecular complexity index is 618. The lowest BCUT2D eigenvalue weighted by Crippen LogP contribution is -2.19. The van der Waals surface area contributed by atoms with Crippen molar-refractivity contribution < 1.29 is 13.2 Å². The molecule has 2 rings (SSSR count). The van der Waals surface area contributed by atoms with Crippen LogP contribution in [0.3, 0.4) is 0 Å². The Balaban J connectivity index is 2.49. The molecule has 0 unspecified atom stereocenters. The van der Waals surface area contributed by atoms with Gasteiger partial charge in [0, 0.05) is 12.6 Å². The van der Waals surface area contributed by atoms with Crippen molar-refractivity contribution in [2.45, 2.75) is 19.5 Å². The molecule has 0 radical (unpaired) electrons. The molecule has 0 atom stereocenters. The number of nitrogens with zero attached hydrogens (tertiary/aromatic N) is 3. The molecule has 0 bridgehead atoms. The van der Waals surface area contributed by atoms with E-state index in [-0.39, 0.29) is 4.96 Å². The number of nitrogens with one attached hydrogen (secondary N) is 1. The average molecular weight is 278 g/mol. The van der Waals surface area contributed by atoms with E-state index in [1.54, 1.807) is 0 Å².